The van der Waals surface area contributed by atoms with Gasteiger partial charge in [-0.2, -0.15) is 12.5 Å². The molecule has 1 saturated heterocycles. The number of nitrogens with zero attached hydrogens (tertiary/aromatic N) is 6. The molecule has 10 nitrogen and oxygen atoms in total. The second-order valence-corrected chi connectivity index (χ2v) is 16.3. The summed E-state index contributed by atoms with van der Waals surface area (Å²) in [6, 6.07) is 4.62. The molecule has 2 fully saturated rings. The van der Waals surface area contributed by atoms with Crippen LogP contribution in [-0.2, 0) is 19.9 Å². The molecule has 1 aromatic carbocycles. The van der Waals surface area contributed by atoms with E-state index in [1.165, 1.54) is 26.0 Å². The number of anilines is 2. The van der Waals surface area contributed by atoms with Crippen molar-refractivity contribution in [1.82, 2.24) is 19.2 Å². The van der Waals surface area contributed by atoms with E-state index in [9.17, 15) is 25.6 Å². The molecule has 6 rings (SSSR count). The Morgan fingerprint density at radius 2 is 1.68 bits per heavy atom. The number of fused-ring (bicyclic) bond motifs is 1. The second-order valence-electron chi connectivity index (χ2n) is 10.1. The highest BCUT2D eigenvalue weighted by Gasteiger charge is 2.53. The third-order valence-electron chi connectivity index (χ3n) is 7.21. The first-order valence-electron chi connectivity index (χ1n) is 12.3. The van der Waals surface area contributed by atoms with E-state index in [1.54, 1.807) is 0 Å². The summed E-state index contributed by atoms with van der Waals surface area (Å²) in [6.07, 6.45) is 3.74. The van der Waals surface area contributed by atoms with Gasteiger partial charge < -0.3 is 9.80 Å². The number of benzene rings is 1. The van der Waals surface area contributed by atoms with Crippen molar-refractivity contribution < 1.29 is 25.6 Å². The lowest BCUT2D eigenvalue weighted by Gasteiger charge is -2.42. The molecule has 0 unspecified atom stereocenters. The molecule has 4 heterocycles. The molecule has 1 aliphatic heterocycles. The lowest BCUT2D eigenvalue weighted by Crippen LogP contribution is -2.56. The normalized spacial score (nSPS) is 17.4. The van der Waals surface area contributed by atoms with Crippen LogP contribution in [0.4, 0.5) is 20.5 Å². The molecule has 212 valence electrons. The molecule has 0 radical (unpaired) electrons. The topological polar surface area (TPSA) is 118 Å². The maximum Gasteiger partial charge on any atom is 0.293 e. The van der Waals surface area contributed by atoms with Crippen LogP contribution in [0, 0.1) is 11.6 Å². The van der Waals surface area contributed by atoms with Crippen molar-refractivity contribution in [2.45, 2.75) is 45.9 Å². The minimum atomic E-state index is -4.42. The van der Waals surface area contributed by atoms with Gasteiger partial charge in [0.05, 0.1) is 39.1 Å². The van der Waals surface area contributed by atoms with Gasteiger partial charge in [0.15, 0.2) is 21.5 Å². The maximum absolute atomic E-state index is 14.5. The average molecular weight is 629 g/mol. The molecule has 2 aliphatic rings. The van der Waals surface area contributed by atoms with Gasteiger partial charge in [-0.1, -0.05) is 11.6 Å². The summed E-state index contributed by atoms with van der Waals surface area (Å²) in [5.41, 5.74) is -0.479. The van der Waals surface area contributed by atoms with Crippen LogP contribution in [0.1, 0.15) is 26.7 Å². The summed E-state index contributed by atoms with van der Waals surface area (Å²) in [6.45, 7) is 4.35. The van der Waals surface area contributed by atoms with Gasteiger partial charge in [-0.3, -0.25) is 0 Å². The summed E-state index contributed by atoms with van der Waals surface area (Å²) in [5.74, 6) is -0.611. The molecule has 0 N–H and O–H groups in total. The fraction of sp³-hybridized carbons (Fsp3) is 0.375. The SMILES string of the molecule is CC(C)S(=O)(=O)c1ccc(S(=O)(=O)n2nc(N3CCN(c4ncc(F)cn4)CC34CC4)c3c(Cl)cc(F)cc32)s1. The van der Waals surface area contributed by atoms with E-state index in [0.717, 1.165) is 41.5 Å². The van der Waals surface area contributed by atoms with E-state index in [4.69, 9.17) is 11.6 Å². The minimum Gasteiger partial charge on any atom is -0.345 e. The molecule has 1 spiro atoms. The van der Waals surface area contributed by atoms with Gasteiger partial charge in [0.25, 0.3) is 10.0 Å². The van der Waals surface area contributed by atoms with Gasteiger partial charge in [-0.15, -0.1) is 16.4 Å². The number of sulfone groups is 1. The number of piperazine rings is 1. The molecule has 16 heteroatoms. The first kappa shape index (κ1) is 27.3. The van der Waals surface area contributed by atoms with E-state index in [1.807, 2.05) is 9.80 Å². The second kappa shape index (κ2) is 9.33. The number of aromatic nitrogens is 4. The number of halogens is 3. The van der Waals surface area contributed by atoms with Crippen molar-refractivity contribution >= 4 is 65.5 Å². The quantitative estimate of drug-likeness (QED) is 0.311. The van der Waals surface area contributed by atoms with Gasteiger partial charge in [-0.25, -0.2) is 27.2 Å². The highest BCUT2D eigenvalue weighted by Crippen LogP contribution is 2.49. The third-order valence-corrected chi connectivity index (χ3v) is 13.3. The summed E-state index contributed by atoms with van der Waals surface area (Å²) >= 11 is 7.11. The van der Waals surface area contributed by atoms with E-state index < -0.39 is 42.3 Å². The Morgan fingerprint density at radius 3 is 2.33 bits per heavy atom. The van der Waals surface area contributed by atoms with Gasteiger partial charge in [-0.05, 0) is 44.9 Å². The summed E-state index contributed by atoms with van der Waals surface area (Å²) in [4.78, 5) is 12.1. The Balaban J connectivity index is 1.43. The lowest BCUT2D eigenvalue weighted by atomic mass is 10.1. The van der Waals surface area contributed by atoms with Crippen LogP contribution in [0.15, 0.2) is 45.1 Å². The van der Waals surface area contributed by atoms with Crippen molar-refractivity contribution in [3.05, 3.63) is 53.3 Å². The van der Waals surface area contributed by atoms with E-state index >= 15 is 0 Å². The Hall–Kier alpha value is -2.88. The smallest absolute Gasteiger partial charge is 0.293 e. The van der Waals surface area contributed by atoms with Gasteiger partial charge >= 0.3 is 0 Å². The molecule has 1 saturated carbocycles. The van der Waals surface area contributed by atoms with E-state index in [2.05, 4.69) is 15.1 Å². The highest BCUT2D eigenvalue weighted by molar-refractivity contribution is 7.95. The van der Waals surface area contributed by atoms with Crippen molar-refractivity contribution in [3.8, 4) is 0 Å². The highest BCUT2D eigenvalue weighted by atomic mass is 35.5. The monoisotopic (exact) mass is 628 g/mol. The van der Waals surface area contributed by atoms with Crippen molar-refractivity contribution in [2.75, 3.05) is 29.4 Å². The molecule has 0 bridgehead atoms. The zero-order valence-corrected chi connectivity index (χ0v) is 24.5. The van der Waals surface area contributed by atoms with Crippen LogP contribution in [-0.4, -0.2) is 66.4 Å². The van der Waals surface area contributed by atoms with Crippen LogP contribution in [0.3, 0.4) is 0 Å². The van der Waals surface area contributed by atoms with E-state index in [-0.39, 0.29) is 30.2 Å². The predicted molar refractivity (Wildman–Crippen MR) is 147 cm³/mol. The van der Waals surface area contributed by atoms with Crippen LogP contribution < -0.4 is 9.80 Å². The summed E-state index contributed by atoms with van der Waals surface area (Å²) in [5, 5.41) is 4.02. The maximum atomic E-state index is 14.5. The Labute approximate surface area is 238 Å². The molecule has 1 aliphatic carbocycles. The zero-order valence-electron chi connectivity index (χ0n) is 21.3. The molecule has 3 aromatic heterocycles. The third kappa shape index (κ3) is 4.33. The van der Waals surface area contributed by atoms with Crippen molar-refractivity contribution in [2.24, 2.45) is 0 Å². The molecular weight excluding hydrogens is 606 g/mol. The molecule has 0 amide bonds. The standard InChI is InChI=1S/C24H23ClF2N6O4S3/c1-14(2)39(34,35)19-3-4-20(38-19)40(36,37)33-18-10-15(26)9-17(25)21(18)22(30-33)32-8-7-31(13-24(32)5-6-24)23-28-11-16(27)12-29-23/h3-4,9-12,14H,5-8,13H2,1-2H3. The van der Waals surface area contributed by atoms with Crippen molar-refractivity contribution in [1.29, 1.82) is 0 Å². The van der Waals surface area contributed by atoms with Gasteiger partial charge in [0.1, 0.15) is 14.2 Å². The van der Waals surface area contributed by atoms with Crippen LogP contribution in [0.5, 0.6) is 0 Å². The number of thiophene rings is 1. The number of rotatable bonds is 6. The van der Waals surface area contributed by atoms with Gasteiger partial charge in [0.2, 0.25) is 5.95 Å². The molecular formula is C24H23ClF2N6O4S3. The average Bonchev–Trinajstić information content (AvgIpc) is 3.29. The minimum absolute atomic E-state index is 0.000742. The first-order valence-corrected chi connectivity index (χ1v) is 16.5. The van der Waals surface area contributed by atoms with Crippen LogP contribution in [0.25, 0.3) is 10.9 Å². The Morgan fingerprint density at radius 1 is 1.00 bits per heavy atom. The lowest BCUT2D eigenvalue weighted by molar-refractivity contribution is 0.497. The van der Waals surface area contributed by atoms with Crippen molar-refractivity contribution in [3.63, 3.8) is 0 Å². The Bertz CT molecular complexity index is 1850. The molecule has 4 aromatic rings. The van der Waals surface area contributed by atoms with Crippen LogP contribution >= 0.6 is 22.9 Å². The molecule has 0 atom stereocenters. The number of hydrogen-bond acceptors (Lipinski definition) is 10. The van der Waals surface area contributed by atoms with E-state index in [0.29, 0.717) is 36.9 Å². The van der Waals surface area contributed by atoms with Gasteiger partial charge in [0, 0.05) is 25.7 Å². The fourth-order valence-corrected chi connectivity index (χ4v) is 9.78. The zero-order chi connectivity index (χ0) is 28.6. The summed E-state index contributed by atoms with van der Waals surface area (Å²) < 4.78 is 81.2. The predicted octanol–water partition coefficient (Wildman–Crippen LogP) is 4.10. The number of hydrogen-bond donors (Lipinski definition) is 0. The first-order chi connectivity index (χ1) is 18.8. The Kier molecular flexibility index (Phi) is 6.36. The van der Waals surface area contributed by atoms with Crippen LogP contribution in [0.2, 0.25) is 5.02 Å². The fourth-order valence-electron chi connectivity index (χ4n) is 4.93. The summed E-state index contributed by atoms with van der Waals surface area (Å²) in [7, 11) is -8.12. The molecule has 40 heavy (non-hydrogen) atoms. The largest absolute Gasteiger partial charge is 0.345 e.